The second-order valence-corrected chi connectivity index (χ2v) is 6.45. The Labute approximate surface area is 174 Å². The lowest BCUT2D eigenvalue weighted by Gasteiger charge is -1.99. The third-order valence-electron chi connectivity index (χ3n) is 4.32. The fraction of sp³-hybridized carbons (Fsp3) is 0. The molecule has 0 amide bonds. The molecule has 0 heterocycles. The molecule has 0 radical (unpaired) electrons. The molecule has 0 aliphatic rings. The van der Waals surface area contributed by atoms with Crippen molar-refractivity contribution in [2.75, 3.05) is 0 Å². The number of hydrogen-bond acceptors (Lipinski definition) is 4. The number of carbonyl (C=O) groups is 2. The molecule has 3 aromatic carbocycles. The molecule has 0 saturated heterocycles. The third-order valence-corrected chi connectivity index (χ3v) is 4.32. The largest absolute Gasteiger partial charge is 0.289 e. The van der Waals surface area contributed by atoms with Crippen LogP contribution in [0.1, 0.15) is 43.0 Å². The zero-order valence-electron chi connectivity index (χ0n) is 15.9. The van der Waals surface area contributed by atoms with Crippen LogP contribution in [-0.4, -0.2) is 11.6 Å². The topological polar surface area (TPSA) is 81.7 Å². The van der Waals surface area contributed by atoms with Crippen LogP contribution in [-0.2, 0) is 0 Å². The van der Waals surface area contributed by atoms with Crippen LogP contribution < -0.4 is 0 Å². The first kappa shape index (κ1) is 20.2. The number of ketones is 2. The average molecular weight is 388 g/mol. The number of nitrogens with zero attached hydrogens (tertiary/aromatic N) is 2. The van der Waals surface area contributed by atoms with Crippen LogP contribution in [0.5, 0.6) is 0 Å². The number of hydrogen-bond donors (Lipinski definition) is 0. The molecule has 3 aromatic rings. The van der Waals surface area contributed by atoms with Crippen LogP contribution in [0, 0.1) is 22.7 Å². The first-order valence-electron chi connectivity index (χ1n) is 9.14. The Balaban J connectivity index is 1.72. The molecule has 0 fully saturated rings. The van der Waals surface area contributed by atoms with Gasteiger partial charge < -0.3 is 0 Å². The SMILES string of the molecule is N#Cc1cccc(C(=O)C=Cc2cccc(C=CC(=O)c3cccc(C#N)c3)c2)c1. The van der Waals surface area contributed by atoms with Gasteiger partial charge >= 0.3 is 0 Å². The minimum absolute atomic E-state index is 0.194. The standard InChI is InChI=1S/C26H16N2O2/c27-17-21-6-2-8-23(15-21)25(29)12-10-19-4-1-5-20(14-19)11-13-26(30)24-9-3-7-22(16-24)18-28/h1-16H. The van der Waals surface area contributed by atoms with E-state index in [0.29, 0.717) is 22.3 Å². The summed E-state index contributed by atoms with van der Waals surface area (Å²) in [6, 6.07) is 24.5. The molecule has 142 valence electrons. The molecule has 0 spiro atoms. The zero-order chi connectivity index (χ0) is 21.3. The Morgan fingerprint density at radius 2 is 1.07 bits per heavy atom. The van der Waals surface area contributed by atoms with Gasteiger partial charge in [-0.15, -0.1) is 0 Å². The average Bonchev–Trinajstić information content (AvgIpc) is 2.81. The van der Waals surface area contributed by atoms with Crippen molar-refractivity contribution in [3.8, 4) is 12.1 Å². The highest BCUT2D eigenvalue weighted by Gasteiger charge is 2.04. The van der Waals surface area contributed by atoms with E-state index >= 15 is 0 Å². The molecular formula is C26H16N2O2. The summed E-state index contributed by atoms with van der Waals surface area (Å²) in [5.41, 5.74) is 3.39. The van der Waals surface area contributed by atoms with E-state index in [1.165, 1.54) is 12.2 Å². The van der Waals surface area contributed by atoms with Crippen molar-refractivity contribution < 1.29 is 9.59 Å². The number of nitriles is 2. The van der Waals surface area contributed by atoms with Gasteiger partial charge in [0.25, 0.3) is 0 Å². The van der Waals surface area contributed by atoms with Crippen molar-refractivity contribution in [2.24, 2.45) is 0 Å². The maximum absolute atomic E-state index is 12.3. The molecule has 0 aliphatic heterocycles. The highest BCUT2D eigenvalue weighted by Crippen LogP contribution is 2.12. The Bertz CT molecular complexity index is 1160. The van der Waals surface area contributed by atoms with Gasteiger partial charge in [0.2, 0.25) is 0 Å². The van der Waals surface area contributed by atoms with Crippen LogP contribution >= 0.6 is 0 Å². The second-order valence-electron chi connectivity index (χ2n) is 6.45. The van der Waals surface area contributed by atoms with E-state index in [1.54, 1.807) is 60.7 Å². The van der Waals surface area contributed by atoms with Crippen molar-refractivity contribution >= 4 is 23.7 Å². The van der Waals surface area contributed by atoms with Crippen molar-refractivity contribution in [1.29, 1.82) is 10.5 Å². The summed E-state index contributed by atoms with van der Waals surface area (Å²) in [5.74, 6) is -0.388. The molecule has 0 aliphatic carbocycles. The highest BCUT2D eigenvalue weighted by atomic mass is 16.1. The van der Waals surface area contributed by atoms with Gasteiger partial charge in [-0.1, -0.05) is 54.6 Å². The van der Waals surface area contributed by atoms with Gasteiger partial charge in [-0.25, -0.2) is 0 Å². The Kier molecular flexibility index (Phi) is 6.46. The summed E-state index contributed by atoms with van der Waals surface area (Å²) in [4.78, 5) is 24.6. The number of allylic oxidation sites excluding steroid dienone is 2. The summed E-state index contributed by atoms with van der Waals surface area (Å²) >= 11 is 0. The molecule has 4 nitrogen and oxygen atoms in total. The van der Waals surface area contributed by atoms with Crippen LogP contribution in [0.15, 0.2) is 84.9 Å². The van der Waals surface area contributed by atoms with Gasteiger partial charge in [-0.2, -0.15) is 10.5 Å². The van der Waals surface area contributed by atoms with Crippen molar-refractivity contribution in [2.45, 2.75) is 0 Å². The molecular weight excluding hydrogens is 372 g/mol. The summed E-state index contributed by atoms with van der Waals surface area (Å²) in [5, 5.41) is 17.9. The Morgan fingerprint density at radius 3 is 1.50 bits per heavy atom. The van der Waals surface area contributed by atoms with Crippen LogP contribution in [0.25, 0.3) is 12.2 Å². The lowest BCUT2D eigenvalue weighted by molar-refractivity contribution is 0.103. The number of benzene rings is 3. The maximum atomic E-state index is 12.3. The number of carbonyl (C=O) groups excluding carboxylic acids is 2. The van der Waals surface area contributed by atoms with E-state index in [-0.39, 0.29) is 11.6 Å². The molecule has 0 atom stereocenters. The van der Waals surface area contributed by atoms with E-state index in [9.17, 15) is 9.59 Å². The smallest absolute Gasteiger partial charge is 0.185 e. The zero-order valence-corrected chi connectivity index (χ0v) is 15.9. The van der Waals surface area contributed by atoms with E-state index in [1.807, 2.05) is 36.4 Å². The van der Waals surface area contributed by atoms with Gasteiger partial charge in [-0.3, -0.25) is 9.59 Å². The van der Waals surface area contributed by atoms with E-state index < -0.39 is 0 Å². The fourth-order valence-electron chi connectivity index (χ4n) is 2.79. The molecule has 0 bridgehead atoms. The molecule has 0 saturated carbocycles. The Hall–Kier alpha value is -4.54. The van der Waals surface area contributed by atoms with Gasteiger partial charge in [0, 0.05) is 11.1 Å². The van der Waals surface area contributed by atoms with Gasteiger partial charge in [0.15, 0.2) is 11.6 Å². The fourth-order valence-corrected chi connectivity index (χ4v) is 2.79. The lowest BCUT2D eigenvalue weighted by atomic mass is 10.0. The van der Waals surface area contributed by atoms with E-state index in [4.69, 9.17) is 10.5 Å². The summed E-state index contributed by atoms with van der Waals surface area (Å²) < 4.78 is 0. The first-order valence-corrected chi connectivity index (χ1v) is 9.14. The highest BCUT2D eigenvalue weighted by molar-refractivity contribution is 6.07. The minimum Gasteiger partial charge on any atom is -0.289 e. The summed E-state index contributed by atoms with van der Waals surface area (Å²) in [7, 11) is 0. The maximum Gasteiger partial charge on any atom is 0.185 e. The van der Waals surface area contributed by atoms with Crippen molar-refractivity contribution in [3.05, 3.63) is 118 Å². The first-order chi connectivity index (χ1) is 14.6. The normalized spacial score (nSPS) is 10.6. The number of rotatable bonds is 6. The lowest BCUT2D eigenvalue weighted by Crippen LogP contribution is -1.95. The van der Waals surface area contributed by atoms with Gasteiger partial charge in [0.1, 0.15) is 0 Å². The van der Waals surface area contributed by atoms with Crippen LogP contribution in [0.3, 0.4) is 0 Å². The predicted octanol–water partition coefficient (Wildman–Crippen LogP) is 5.22. The van der Waals surface area contributed by atoms with E-state index in [2.05, 4.69) is 0 Å². The summed E-state index contributed by atoms with van der Waals surface area (Å²) in [6.07, 6.45) is 6.30. The molecule has 0 aromatic heterocycles. The molecule has 3 rings (SSSR count). The van der Waals surface area contributed by atoms with Crippen LogP contribution in [0.4, 0.5) is 0 Å². The molecule has 30 heavy (non-hydrogen) atoms. The molecule has 4 heteroatoms. The predicted molar refractivity (Wildman–Crippen MR) is 115 cm³/mol. The molecule has 0 N–H and O–H groups in total. The monoisotopic (exact) mass is 388 g/mol. The Morgan fingerprint density at radius 1 is 0.633 bits per heavy atom. The quantitative estimate of drug-likeness (QED) is 0.428. The molecule has 0 unspecified atom stereocenters. The minimum atomic E-state index is -0.194. The second kappa shape index (κ2) is 9.59. The van der Waals surface area contributed by atoms with E-state index in [0.717, 1.165) is 11.1 Å². The summed E-state index contributed by atoms with van der Waals surface area (Å²) in [6.45, 7) is 0. The van der Waals surface area contributed by atoms with Crippen LogP contribution in [0.2, 0.25) is 0 Å². The van der Waals surface area contributed by atoms with Crippen molar-refractivity contribution in [3.63, 3.8) is 0 Å². The van der Waals surface area contributed by atoms with Crippen molar-refractivity contribution in [1.82, 2.24) is 0 Å². The third kappa shape index (κ3) is 5.25. The van der Waals surface area contributed by atoms with Gasteiger partial charge in [-0.05, 0) is 53.6 Å². The van der Waals surface area contributed by atoms with Gasteiger partial charge in [0.05, 0.1) is 23.3 Å².